The van der Waals surface area contributed by atoms with Crippen LogP contribution in [0.4, 0.5) is 0 Å². The fraction of sp³-hybridized carbons (Fsp3) is 0.800. The normalized spacial score (nSPS) is 20.6. The first kappa shape index (κ1) is 7.96. The van der Waals surface area contributed by atoms with Crippen molar-refractivity contribution in [3.05, 3.63) is 6.42 Å². The Labute approximate surface area is 68.6 Å². The Morgan fingerprint density at radius 3 is 2.00 bits per heavy atom. The summed E-state index contributed by atoms with van der Waals surface area (Å²) in [7, 11) is 0. The zero-order chi connectivity index (χ0) is 4.24. The van der Waals surface area contributed by atoms with Crippen LogP contribution in [-0.2, 0) is 0 Å². The Bertz CT molecular complexity index is 27.9. The number of piperidine rings is 1. The van der Waals surface area contributed by atoms with E-state index >= 15 is 0 Å². The predicted octanol–water partition coefficient (Wildman–Crippen LogP) is -2.18. The SMILES string of the molecule is [CH-]1CCNCC1.[HH].[Na+]. The number of hydrogen-bond acceptors (Lipinski definition) is 1. The van der Waals surface area contributed by atoms with E-state index in [1.165, 1.54) is 25.9 Å². The van der Waals surface area contributed by atoms with Crippen molar-refractivity contribution in [3.8, 4) is 0 Å². The van der Waals surface area contributed by atoms with Crippen molar-refractivity contribution >= 4 is 0 Å². The number of nitrogens with one attached hydrogen (secondary N) is 1. The molecule has 1 N–H and O–H groups in total. The van der Waals surface area contributed by atoms with Gasteiger partial charge >= 0.3 is 29.6 Å². The molecule has 0 aromatic heterocycles. The Hall–Kier alpha value is 0.960. The average molecular weight is 109 g/mol. The van der Waals surface area contributed by atoms with Gasteiger partial charge in [0.15, 0.2) is 0 Å². The van der Waals surface area contributed by atoms with E-state index in [0.29, 0.717) is 0 Å². The summed E-state index contributed by atoms with van der Waals surface area (Å²) in [5.41, 5.74) is 0. The second kappa shape index (κ2) is 5.10. The van der Waals surface area contributed by atoms with Crippen LogP contribution in [0.15, 0.2) is 0 Å². The van der Waals surface area contributed by atoms with Crippen LogP contribution in [0.1, 0.15) is 14.3 Å². The molecule has 0 bridgehead atoms. The summed E-state index contributed by atoms with van der Waals surface area (Å²) in [5.74, 6) is 0. The molecule has 0 spiro atoms. The number of hydrogen-bond donors (Lipinski definition) is 1. The van der Waals surface area contributed by atoms with Gasteiger partial charge in [-0.2, -0.15) is 12.8 Å². The van der Waals surface area contributed by atoms with Gasteiger partial charge in [0.25, 0.3) is 0 Å². The van der Waals surface area contributed by atoms with E-state index in [1.807, 2.05) is 0 Å². The van der Waals surface area contributed by atoms with Crippen LogP contribution in [0.2, 0.25) is 0 Å². The topological polar surface area (TPSA) is 12.0 Å². The maximum atomic E-state index is 3.25. The maximum Gasteiger partial charge on any atom is 1.00 e. The molecule has 0 amide bonds. The zero-order valence-electron chi connectivity index (χ0n) is 4.91. The van der Waals surface area contributed by atoms with E-state index in [4.69, 9.17) is 0 Å². The minimum absolute atomic E-state index is 0. The quantitative estimate of drug-likeness (QED) is 0.275. The molecule has 1 aliphatic rings. The molecule has 1 nitrogen and oxygen atoms in total. The monoisotopic (exact) mass is 109 g/mol. The third-order valence-corrected chi connectivity index (χ3v) is 1.05. The largest absolute Gasteiger partial charge is 1.00 e. The van der Waals surface area contributed by atoms with Crippen molar-refractivity contribution in [3.63, 3.8) is 0 Å². The molecule has 0 saturated carbocycles. The molecule has 1 aliphatic heterocycles. The van der Waals surface area contributed by atoms with Gasteiger partial charge in [-0.3, -0.25) is 0 Å². The molecule has 7 heavy (non-hydrogen) atoms. The van der Waals surface area contributed by atoms with Gasteiger partial charge in [-0.05, 0) is 13.1 Å². The van der Waals surface area contributed by atoms with E-state index in [2.05, 4.69) is 11.7 Å². The zero-order valence-corrected chi connectivity index (χ0v) is 6.91. The molecular formula is C5H12NNa. The molecule has 1 saturated heterocycles. The first-order valence-electron chi connectivity index (χ1n) is 2.52. The molecule has 0 radical (unpaired) electrons. The van der Waals surface area contributed by atoms with E-state index in [9.17, 15) is 0 Å². The second-order valence-corrected chi connectivity index (χ2v) is 1.62. The van der Waals surface area contributed by atoms with Gasteiger partial charge in [0.05, 0.1) is 0 Å². The van der Waals surface area contributed by atoms with Gasteiger partial charge in [0, 0.05) is 1.43 Å². The summed E-state index contributed by atoms with van der Waals surface area (Å²) in [6, 6.07) is 0. The van der Waals surface area contributed by atoms with Crippen molar-refractivity contribution in [2.75, 3.05) is 13.1 Å². The van der Waals surface area contributed by atoms with Crippen LogP contribution in [0.5, 0.6) is 0 Å². The third kappa shape index (κ3) is 3.53. The summed E-state index contributed by atoms with van der Waals surface area (Å²) in [6.07, 6.45) is 4.86. The van der Waals surface area contributed by atoms with Crippen LogP contribution < -0.4 is 34.9 Å². The molecular weight excluding hydrogens is 97.1 g/mol. The molecule has 0 aliphatic carbocycles. The predicted molar refractivity (Wildman–Crippen MR) is 28.5 cm³/mol. The Kier molecular flexibility index (Phi) is 5.80. The molecule has 0 atom stereocenters. The summed E-state index contributed by atoms with van der Waals surface area (Å²) in [4.78, 5) is 0. The van der Waals surface area contributed by atoms with Crippen LogP contribution in [0.25, 0.3) is 0 Å². The third-order valence-electron chi connectivity index (χ3n) is 1.05. The molecule has 1 rings (SSSR count). The molecule has 1 fully saturated rings. The average Bonchev–Trinajstić information content (AvgIpc) is 1.72. The van der Waals surface area contributed by atoms with Crippen molar-refractivity contribution in [1.82, 2.24) is 5.32 Å². The molecule has 2 heteroatoms. The van der Waals surface area contributed by atoms with Crippen LogP contribution in [-0.4, -0.2) is 13.1 Å². The maximum absolute atomic E-state index is 3.25. The van der Waals surface area contributed by atoms with Gasteiger partial charge in [0.2, 0.25) is 0 Å². The smallest absolute Gasteiger partial charge is 0.326 e. The van der Waals surface area contributed by atoms with E-state index in [0.717, 1.165) is 0 Å². The van der Waals surface area contributed by atoms with E-state index < -0.39 is 0 Å². The summed E-state index contributed by atoms with van der Waals surface area (Å²) < 4.78 is 0. The van der Waals surface area contributed by atoms with Crippen molar-refractivity contribution in [1.29, 1.82) is 0 Å². The van der Waals surface area contributed by atoms with Crippen LogP contribution in [0, 0.1) is 6.42 Å². The summed E-state index contributed by atoms with van der Waals surface area (Å²) >= 11 is 0. The minimum atomic E-state index is 0. The molecule has 38 valence electrons. The van der Waals surface area contributed by atoms with Gasteiger partial charge in [-0.1, -0.05) is 0 Å². The summed E-state index contributed by atoms with van der Waals surface area (Å²) in [6.45, 7) is 2.39. The first-order valence-corrected chi connectivity index (χ1v) is 2.52. The van der Waals surface area contributed by atoms with E-state index in [-0.39, 0.29) is 31.0 Å². The first-order chi connectivity index (χ1) is 3.00. The molecule has 0 unspecified atom stereocenters. The second-order valence-electron chi connectivity index (χ2n) is 1.62. The van der Waals surface area contributed by atoms with Crippen LogP contribution in [0.3, 0.4) is 0 Å². The minimum Gasteiger partial charge on any atom is -0.326 e. The van der Waals surface area contributed by atoms with Crippen molar-refractivity contribution in [2.45, 2.75) is 12.8 Å². The van der Waals surface area contributed by atoms with Gasteiger partial charge in [-0.25, -0.2) is 0 Å². The number of rotatable bonds is 0. The van der Waals surface area contributed by atoms with Gasteiger partial charge < -0.3 is 11.7 Å². The van der Waals surface area contributed by atoms with Gasteiger partial charge in [0.1, 0.15) is 0 Å². The fourth-order valence-electron chi connectivity index (χ4n) is 0.678. The molecule has 0 aromatic rings. The molecule has 0 aromatic carbocycles. The van der Waals surface area contributed by atoms with Crippen molar-refractivity contribution in [2.24, 2.45) is 0 Å². The molecule has 1 heterocycles. The summed E-state index contributed by atoms with van der Waals surface area (Å²) in [5, 5.41) is 3.25. The Morgan fingerprint density at radius 1 is 1.29 bits per heavy atom. The van der Waals surface area contributed by atoms with E-state index in [1.54, 1.807) is 0 Å². The standard InChI is InChI=1S/C5H10N.Na.H2/c1-2-4-6-5-3-1;;/h1,6H,2-5H2;;1H/q-1;+1;. The fourth-order valence-corrected chi connectivity index (χ4v) is 0.678. The van der Waals surface area contributed by atoms with Crippen molar-refractivity contribution < 1.29 is 31.0 Å². The van der Waals surface area contributed by atoms with Crippen LogP contribution >= 0.6 is 0 Å². The Balaban J connectivity index is 0. The Morgan fingerprint density at radius 2 is 1.86 bits per heavy atom. The van der Waals surface area contributed by atoms with Gasteiger partial charge in [-0.15, -0.1) is 0 Å².